The van der Waals surface area contributed by atoms with Gasteiger partial charge in [0.1, 0.15) is 5.75 Å². The second kappa shape index (κ2) is 5.98. The first-order valence-electron chi connectivity index (χ1n) is 7.76. The van der Waals surface area contributed by atoms with Crippen LogP contribution in [0.2, 0.25) is 0 Å². The highest BCUT2D eigenvalue weighted by Gasteiger charge is 2.30. The molecular formula is C17H25NOS. The Morgan fingerprint density at radius 1 is 1.40 bits per heavy atom. The van der Waals surface area contributed by atoms with Gasteiger partial charge in [-0.3, -0.25) is 0 Å². The Labute approximate surface area is 126 Å². The molecule has 0 saturated carbocycles. The molecule has 2 unspecified atom stereocenters. The Hall–Kier alpha value is -0.670. The summed E-state index contributed by atoms with van der Waals surface area (Å²) in [5.74, 6) is 3.05. The van der Waals surface area contributed by atoms with Crippen LogP contribution in [0.25, 0.3) is 0 Å². The van der Waals surface area contributed by atoms with E-state index in [-0.39, 0.29) is 0 Å². The van der Waals surface area contributed by atoms with Crippen LogP contribution in [0.15, 0.2) is 17.0 Å². The van der Waals surface area contributed by atoms with Gasteiger partial charge in [-0.1, -0.05) is 13.0 Å². The van der Waals surface area contributed by atoms with Crippen molar-refractivity contribution in [2.75, 3.05) is 26.5 Å². The van der Waals surface area contributed by atoms with Gasteiger partial charge in [0, 0.05) is 16.7 Å². The molecule has 0 aromatic heterocycles. The normalized spacial score (nSPS) is 25.9. The molecule has 1 aromatic rings. The fourth-order valence-corrected chi connectivity index (χ4v) is 4.90. The first-order valence-corrected chi connectivity index (χ1v) is 8.75. The molecule has 1 saturated heterocycles. The van der Waals surface area contributed by atoms with Gasteiger partial charge >= 0.3 is 0 Å². The number of nitrogens with zero attached hydrogens (tertiary/aromatic N) is 1. The molecule has 0 aliphatic carbocycles. The van der Waals surface area contributed by atoms with Gasteiger partial charge in [-0.25, -0.2) is 0 Å². The summed E-state index contributed by atoms with van der Waals surface area (Å²) in [6.45, 7) is 3.49. The van der Waals surface area contributed by atoms with Gasteiger partial charge in [0.25, 0.3) is 0 Å². The van der Waals surface area contributed by atoms with Crippen molar-refractivity contribution < 1.29 is 4.74 Å². The van der Waals surface area contributed by atoms with Crippen LogP contribution in [0.4, 0.5) is 0 Å². The van der Waals surface area contributed by atoms with E-state index in [0.29, 0.717) is 0 Å². The summed E-state index contributed by atoms with van der Waals surface area (Å²) < 4.78 is 5.53. The number of thioether (sulfide) groups is 1. The Kier molecular flexibility index (Phi) is 4.27. The smallest absolute Gasteiger partial charge is 0.123 e. The van der Waals surface area contributed by atoms with E-state index in [2.05, 4.69) is 31.0 Å². The van der Waals surface area contributed by atoms with E-state index < -0.39 is 0 Å². The van der Waals surface area contributed by atoms with Crippen LogP contribution >= 0.6 is 11.8 Å². The van der Waals surface area contributed by atoms with E-state index in [1.807, 2.05) is 11.8 Å². The Morgan fingerprint density at radius 3 is 2.90 bits per heavy atom. The molecule has 3 rings (SSSR count). The van der Waals surface area contributed by atoms with Crippen molar-refractivity contribution in [1.82, 2.24) is 4.90 Å². The van der Waals surface area contributed by atoms with E-state index in [0.717, 1.165) is 24.1 Å². The number of rotatable bonds is 4. The van der Waals surface area contributed by atoms with Crippen LogP contribution in [-0.2, 0) is 6.42 Å². The van der Waals surface area contributed by atoms with Crippen LogP contribution < -0.4 is 4.74 Å². The number of ether oxygens (including phenoxy) is 1. The van der Waals surface area contributed by atoms with Gasteiger partial charge < -0.3 is 9.64 Å². The minimum absolute atomic E-state index is 0.733. The SMILES string of the molecule is CCc1cc2c(cc1OC)SCC2CC1CCCN1C. The van der Waals surface area contributed by atoms with Gasteiger partial charge in [-0.2, -0.15) is 0 Å². The lowest BCUT2D eigenvalue weighted by molar-refractivity contribution is 0.286. The number of likely N-dealkylation sites (tertiary alicyclic amines) is 1. The van der Waals surface area contributed by atoms with Crippen molar-refractivity contribution in [3.05, 3.63) is 23.3 Å². The summed E-state index contributed by atoms with van der Waals surface area (Å²) in [5.41, 5.74) is 2.94. The molecule has 2 nitrogen and oxygen atoms in total. The van der Waals surface area contributed by atoms with Gasteiger partial charge in [-0.05, 0) is 62.4 Å². The van der Waals surface area contributed by atoms with E-state index in [1.165, 1.54) is 42.0 Å². The highest BCUT2D eigenvalue weighted by atomic mass is 32.2. The molecule has 2 aliphatic heterocycles. The largest absolute Gasteiger partial charge is 0.496 e. The molecule has 2 aliphatic rings. The molecule has 1 fully saturated rings. The summed E-state index contributed by atoms with van der Waals surface area (Å²) in [6.07, 6.45) is 5.13. The number of fused-ring (bicyclic) bond motifs is 1. The Bertz CT molecular complexity index is 488. The molecule has 0 bridgehead atoms. The minimum Gasteiger partial charge on any atom is -0.496 e. The lowest BCUT2D eigenvalue weighted by Crippen LogP contribution is -2.26. The van der Waals surface area contributed by atoms with Crippen molar-refractivity contribution in [2.24, 2.45) is 0 Å². The second-order valence-corrected chi connectivity index (χ2v) is 7.14. The van der Waals surface area contributed by atoms with Crippen molar-refractivity contribution in [2.45, 2.75) is 49.5 Å². The van der Waals surface area contributed by atoms with Crippen LogP contribution in [0.5, 0.6) is 5.75 Å². The zero-order chi connectivity index (χ0) is 14.1. The van der Waals surface area contributed by atoms with Crippen molar-refractivity contribution in [1.29, 1.82) is 0 Å². The molecule has 3 heteroatoms. The summed E-state index contributed by atoms with van der Waals surface area (Å²) in [7, 11) is 4.07. The molecule has 2 atom stereocenters. The quantitative estimate of drug-likeness (QED) is 0.834. The van der Waals surface area contributed by atoms with E-state index in [9.17, 15) is 0 Å². The zero-order valence-electron chi connectivity index (χ0n) is 12.8. The highest BCUT2D eigenvalue weighted by Crippen LogP contribution is 2.45. The number of hydrogen-bond acceptors (Lipinski definition) is 3. The third-order valence-corrected chi connectivity index (χ3v) is 6.14. The van der Waals surface area contributed by atoms with E-state index in [1.54, 1.807) is 12.7 Å². The maximum absolute atomic E-state index is 5.53. The highest BCUT2D eigenvalue weighted by molar-refractivity contribution is 7.99. The predicted octanol–water partition coefficient (Wildman–Crippen LogP) is 3.93. The first-order chi connectivity index (χ1) is 9.72. The van der Waals surface area contributed by atoms with Crippen LogP contribution in [0.1, 0.15) is 43.2 Å². The zero-order valence-corrected chi connectivity index (χ0v) is 13.6. The lowest BCUT2D eigenvalue weighted by atomic mass is 9.91. The molecule has 2 heterocycles. The molecule has 1 aromatic carbocycles. The second-order valence-electron chi connectivity index (χ2n) is 6.08. The maximum Gasteiger partial charge on any atom is 0.123 e. The summed E-state index contributed by atoms with van der Waals surface area (Å²) >= 11 is 2.01. The molecule has 20 heavy (non-hydrogen) atoms. The van der Waals surface area contributed by atoms with E-state index >= 15 is 0 Å². The van der Waals surface area contributed by atoms with Gasteiger partial charge in [0.2, 0.25) is 0 Å². The Balaban J connectivity index is 1.82. The average Bonchev–Trinajstić information content (AvgIpc) is 3.05. The Morgan fingerprint density at radius 2 is 2.25 bits per heavy atom. The minimum atomic E-state index is 0.733. The van der Waals surface area contributed by atoms with Gasteiger partial charge in [0.05, 0.1) is 7.11 Å². The standard InChI is InChI=1S/C17H25NOS/c1-4-12-9-15-13(8-14-6-5-7-18(14)2)11-20-17(15)10-16(12)19-3/h9-10,13-14H,4-8,11H2,1-3H3. The third-order valence-electron chi connectivity index (χ3n) is 4.90. The van der Waals surface area contributed by atoms with Crippen LogP contribution in [-0.4, -0.2) is 37.4 Å². The van der Waals surface area contributed by atoms with Crippen molar-refractivity contribution in [3.8, 4) is 5.75 Å². The predicted molar refractivity (Wildman–Crippen MR) is 86.1 cm³/mol. The topological polar surface area (TPSA) is 12.5 Å². The van der Waals surface area contributed by atoms with Crippen LogP contribution in [0, 0.1) is 0 Å². The number of methoxy groups -OCH3 is 1. The summed E-state index contributed by atoms with van der Waals surface area (Å²) in [6, 6.07) is 5.46. The summed E-state index contributed by atoms with van der Waals surface area (Å²) in [5, 5.41) is 0. The first kappa shape index (κ1) is 14.3. The molecule has 0 N–H and O–H groups in total. The average molecular weight is 291 g/mol. The molecule has 0 radical (unpaired) electrons. The lowest BCUT2D eigenvalue weighted by Gasteiger charge is -2.23. The number of hydrogen-bond donors (Lipinski definition) is 0. The van der Waals surface area contributed by atoms with Crippen LogP contribution in [0.3, 0.4) is 0 Å². The fraction of sp³-hybridized carbons (Fsp3) is 0.647. The maximum atomic E-state index is 5.53. The molecule has 110 valence electrons. The monoisotopic (exact) mass is 291 g/mol. The fourth-order valence-electron chi connectivity index (χ4n) is 3.62. The van der Waals surface area contributed by atoms with Gasteiger partial charge in [-0.15, -0.1) is 11.8 Å². The molecule has 0 amide bonds. The molecular weight excluding hydrogens is 266 g/mol. The van der Waals surface area contributed by atoms with Crippen molar-refractivity contribution in [3.63, 3.8) is 0 Å². The number of benzene rings is 1. The number of aryl methyl sites for hydroxylation is 1. The van der Waals surface area contributed by atoms with E-state index in [4.69, 9.17) is 4.74 Å². The summed E-state index contributed by atoms with van der Waals surface area (Å²) in [4.78, 5) is 4.00. The molecule has 0 spiro atoms. The van der Waals surface area contributed by atoms with Gasteiger partial charge in [0.15, 0.2) is 0 Å². The third kappa shape index (κ3) is 2.58. The van der Waals surface area contributed by atoms with Crippen molar-refractivity contribution >= 4 is 11.8 Å².